The van der Waals surface area contributed by atoms with Gasteiger partial charge in [0.25, 0.3) is 0 Å². The molecule has 0 saturated heterocycles. The topological polar surface area (TPSA) is 68.6 Å². The van der Waals surface area contributed by atoms with Gasteiger partial charge in [-0.1, -0.05) is 29.8 Å². The molecule has 0 aliphatic rings. The van der Waals surface area contributed by atoms with Crippen LogP contribution in [0.4, 0.5) is 10.1 Å². The summed E-state index contributed by atoms with van der Waals surface area (Å²) in [5.41, 5.74) is 1.12. The average Bonchev–Trinajstić information content (AvgIpc) is 2.77. The molecule has 106 valence electrons. The van der Waals surface area contributed by atoms with Crippen molar-refractivity contribution in [2.45, 2.75) is 0 Å². The van der Waals surface area contributed by atoms with Gasteiger partial charge in [0.1, 0.15) is 11.4 Å². The lowest BCUT2D eigenvalue weighted by atomic mass is 10.2. The Labute approximate surface area is 124 Å². The first kappa shape index (κ1) is 13.5. The molecule has 0 unspecified atom stereocenters. The Morgan fingerprint density at radius 1 is 1.19 bits per heavy atom. The van der Waals surface area contributed by atoms with Crippen molar-refractivity contribution < 1.29 is 14.6 Å². The number of rotatable bonds is 2. The fourth-order valence-electron chi connectivity index (χ4n) is 2.04. The first-order valence-corrected chi connectivity index (χ1v) is 6.46. The normalized spacial score (nSPS) is 11.5. The number of hydrogen-bond acceptors (Lipinski definition) is 3. The number of nitrogens with one attached hydrogen (secondary N) is 1. The van der Waals surface area contributed by atoms with Crippen LogP contribution in [0.5, 0.6) is 11.6 Å². The second-order valence-electron chi connectivity index (χ2n) is 4.45. The van der Waals surface area contributed by atoms with E-state index in [1.54, 1.807) is 6.07 Å². The number of hydrogen-bond donors (Lipinski definition) is 3. The maximum atomic E-state index is 13.7. The van der Waals surface area contributed by atoms with E-state index in [1.807, 2.05) is 18.2 Å². The van der Waals surface area contributed by atoms with Gasteiger partial charge in [-0.2, -0.15) is 0 Å². The monoisotopic (exact) mass is 304 g/mol. The van der Waals surface area contributed by atoms with E-state index in [1.165, 1.54) is 6.21 Å². The standard InChI is InChI=1S/C15H10ClFN2O2/c16-10-5-11(17)13(6-14(10)20)18-7-9-8-3-1-2-4-12(8)19-15(9)21/h1-7,19-21H. The number of aromatic hydroxyl groups is 2. The van der Waals surface area contributed by atoms with Gasteiger partial charge >= 0.3 is 0 Å². The molecule has 2 aromatic carbocycles. The molecule has 0 spiro atoms. The zero-order chi connectivity index (χ0) is 15.0. The molecule has 0 amide bonds. The molecule has 3 aromatic rings. The van der Waals surface area contributed by atoms with Crippen LogP contribution in [0.1, 0.15) is 5.56 Å². The van der Waals surface area contributed by atoms with Crippen molar-refractivity contribution in [2.24, 2.45) is 4.99 Å². The average molecular weight is 305 g/mol. The van der Waals surface area contributed by atoms with Crippen LogP contribution in [0.2, 0.25) is 5.02 Å². The molecule has 3 rings (SSSR count). The molecule has 1 heterocycles. The number of phenols is 1. The molecule has 0 fully saturated rings. The minimum Gasteiger partial charge on any atom is -0.506 e. The highest BCUT2D eigenvalue weighted by Gasteiger charge is 2.10. The van der Waals surface area contributed by atoms with Crippen LogP contribution in [0, 0.1) is 5.82 Å². The molecule has 0 radical (unpaired) electrons. The number of para-hydroxylation sites is 1. The van der Waals surface area contributed by atoms with Crippen molar-refractivity contribution in [1.82, 2.24) is 4.98 Å². The highest BCUT2D eigenvalue weighted by Crippen LogP contribution is 2.31. The molecule has 3 N–H and O–H groups in total. The lowest BCUT2D eigenvalue weighted by Crippen LogP contribution is -1.82. The van der Waals surface area contributed by atoms with Crippen molar-refractivity contribution in [2.75, 3.05) is 0 Å². The second-order valence-corrected chi connectivity index (χ2v) is 4.85. The van der Waals surface area contributed by atoms with Crippen LogP contribution < -0.4 is 0 Å². The Morgan fingerprint density at radius 2 is 1.95 bits per heavy atom. The zero-order valence-corrected chi connectivity index (χ0v) is 11.4. The first-order chi connectivity index (χ1) is 10.1. The summed E-state index contributed by atoms with van der Waals surface area (Å²) in [6.07, 6.45) is 1.33. The summed E-state index contributed by atoms with van der Waals surface area (Å²) in [6.45, 7) is 0. The van der Waals surface area contributed by atoms with Crippen LogP contribution in [-0.2, 0) is 0 Å². The lowest BCUT2D eigenvalue weighted by molar-refractivity contribution is 0.457. The molecule has 0 bridgehead atoms. The summed E-state index contributed by atoms with van der Waals surface area (Å²) in [4.78, 5) is 6.76. The minimum absolute atomic E-state index is 0.0569. The molecule has 0 aliphatic carbocycles. The summed E-state index contributed by atoms with van der Waals surface area (Å²) in [7, 11) is 0. The van der Waals surface area contributed by atoms with Gasteiger partial charge in [-0.05, 0) is 12.1 Å². The van der Waals surface area contributed by atoms with Gasteiger partial charge in [-0.3, -0.25) is 4.99 Å². The quantitative estimate of drug-likeness (QED) is 0.623. The maximum Gasteiger partial charge on any atom is 0.198 e. The van der Waals surface area contributed by atoms with Crippen LogP contribution >= 0.6 is 11.6 Å². The molecule has 21 heavy (non-hydrogen) atoms. The first-order valence-electron chi connectivity index (χ1n) is 6.08. The van der Waals surface area contributed by atoms with Gasteiger partial charge in [0.2, 0.25) is 0 Å². The van der Waals surface area contributed by atoms with Gasteiger partial charge in [0.15, 0.2) is 11.7 Å². The second kappa shape index (κ2) is 5.10. The predicted octanol–water partition coefficient (Wildman–Crippen LogP) is 4.12. The Morgan fingerprint density at radius 3 is 2.76 bits per heavy atom. The maximum absolute atomic E-state index is 13.7. The predicted molar refractivity (Wildman–Crippen MR) is 80.3 cm³/mol. The highest BCUT2D eigenvalue weighted by molar-refractivity contribution is 6.32. The smallest absolute Gasteiger partial charge is 0.198 e. The summed E-state index contributed by atoms with van der Waals surface area (Å²) < 4.78 is 13.7. The van der Waals surface area contributed by atoms with E-state index >= 15 is 0 Å². The number of phenolic OH excluding ortho intramolecular Hbond substituents is 1. The van der Waals surface area contributed by atoms with E-state index in [0.717, 1.165) is 23.0 Å². The van der Waals surface area contributed by atoms with Gasteiger partial charge < -0.3 is 15.2 Å². The number of nitrogens with zero attached hydrogens (tertiary/aromatic N) is 1. The SMILES string of the molecule is Oc1cc(N=Cc2c(O)[nH]c3ccccc23)c(F)cc1Cl. The van der Waals surface area contributed by atoms with E-state index in [0.29, 0.717) is 5.56 Å². The summed E-state index contributed by atoms with van der Waals surface area (Å²) in [5, 5.41) is 20.0. The Balaban J connectivity index is 2.06. The molecule has 0 saturated carbocycles. The van der Waals surface area contributed by atoms with Gasteiger partial charge in [-0.25, -0.2) is 4.39 Å². The molecular weight excluding hydrogens is 295 g/mol. The lowest BCUT2D eigenvalue weighted by Gasteiger charge is -2.00. The van der Waals surface area contributed by atoms with Crippen molar-refractivity contribution in [3.8, 4) is 11.6 Å². The number of H-pyrrole nitrogens is 1. The number of aromatic nitrogens is 1. The Hall–Kier alpha value is -2.53. The van der Waals surface area contributed by atoms with Gasteiger partial charge in [0.05, 0.1) is 10.6 Å². The fraction of sp³-hybridized carbons (Fsp3) is 0. The largest absolute Gasteiger partial charge is 0.506 e. The number of halogens is 2. The van der Waals surface area contributed by atoms with Crippen LogP contribution in [0.3, 0.4) is 0 Å². The van der Waals surface area contributed by atoms with Crippen molar-refractivity contribution in [3.63, 3.8) is 0 Å². The Kier molecular flexibility index (Phi) is 3.27. The number of benzene rings is 2. The van der Waals surface area contributed by atoms with Gasteiger partial charge in [0, 0.05) is 23.2 Å². The van der Waals surface area contributed by atoms with Crippen LogP contribution in [0.15, 0.2) is 41.4 Å². The van der Waals surface area contributed by atoms with Crippen molar-refractivity contribution in [3.05, 3.63) is 52.8 Å². The number of aromatic amines is 1. The van der Waals surface area contributed by atoms with Gasteiger partial charge in [-0.15, -0.1) is 0 Å². The molecular formula is C15H10ClFN2O2. The Bertz CT molecular complexity index is 858. The van der Waals surface area contributed by atoms with E-state index < -0.39 is 5.82 Å². The summed E-state index contributed by atoms with van der Waals surface area (Å²) in [6, 6.07) is 9.38. The van der Waals surface area contributed by atoms with E-state index in [2.05, 4.69) is 9.98 Å². The van der Waals surface area contributed by atoms with Crippen molar-refractivity contribution >= 4 is 34.4 Å². The molecule has 0 atom stereocenters. The highest BCUT2D eigenvalue weighted by atomic mass is 35.5. The minimum atomic E-state index is -0.659. The van der Waals surface area contributed by atoms with Crippen LogP contribution in [-0.4, -0.2) is 21.4 Å². The van der Waals surface area contributed by atoms with E-state index in [4.69, 9.17) is 11.6 Å². The van der Waals surface area contributed by atoms with E-state index in [9.17, 15) is 14.6 Å². The molecule has 6 heteroatoms. The number of fused-ring (bicyclic) bond motifs is 1. The third kappa shape index (κ3) is 2.43. The zero-order valence-electron chi connectivity index (χ0n) is 10.6. The summed E-state index contributed by atoms with van der Waals surface area (Å²) >= 11 is 5.60. The molecule has 4 nitrogen and oxygen atoms in total. The number of aliphatic imine (C=N–C) groups is 1. The third-order valence-electron chi connectivity index (χ3n) is 3.07. The van der Waals surface area contributed by atoms with Crippen LogP contribution in [0.25, 0.3) is 10.9 Å². The van der Waals surface area contributed by atoms with E-state index in [-0.39, 0.29) is 22.3 Å². The summed E-state index contributed by atoms with van der Waals surface area (Å²) in [5.74, 6) is -0.972. The fourth-order valence-corrected chi connectivity index (χ4v) is 2.19. The molecule has 1 aromatic heterocycles. The van der Waals surface area contributed by atoms with Crippen molar-refractivity contribution in [1.29, 1.82) is 0 Å². The third-order valence-corrected chi connectivity index (χ3v) is 3.38. The molecule has 0 aliphatic heterocycles.